The third-order valence-electron chi connectivity index (χ3n) is 18.3. The van der Waals surface area contributed by atoms with Crippen molar-refractivity contribution >= 4 is 87.5 Å². The lowest BCUT2D eigenvalue weighted by Crippen LogP contribution is -2.06. The Bertz CT molecular complexity index is 6210. The maximum atomic E-state index is 6.84. The molecule has 0 aliphatic heterocycles. The van der Waals surface area contributed by atoms with Gasteiger partial charge in [0, 0.05) is 87.5 Å². The molecule has 0 fully saturated rings. The number of H-pyrrole nitrogens is 1. The number of aromatic nitrogens is 8. The summed E-state index contributed by atoms with van der Waals surface area (Å²) in [6.07, 6.45) is 0. The number of benzene rings is 13. The van der Waals surface area contributed by atoms with Crippen LogP contribution in [0.3, 0.4) is 0 Å². The summed E-state index contributed by atoms with van der Waals surface area (Å²) < 4.78 is 15.7. The fraction of sp³-hybridized carbons (Fsp3) is 0. The number of rotatable bonds is 10. The summed E-state index contributed by atoms with van der Waals surface area (Å²) >= 11 is 0. The van der Waals surface area contributed by atoms with Crippen LogP contribution in [0.1, 0.15) is 0 Å². The van der Waals surface area contributed by atoms with Gasteiger partial charge in [0.1, 0.15) is 22.3 Å². The molecule has 6 heterocycles. The molecule has 6 aromatic heterocycles. The second-order valence-electron chi connectivity index (χ2n) is 23.8. The highest BCUT2D eigenvalue weighted by Crippen LogP contribution is 2.44. The fourth-order valence-electron chi connectivity index (χ4n) is 13.8. The predicted octanol–water partition coefficient (Wildman–Crippen LogP) is 21.6. The Labute approximate surface area is 537 Å². The maximum absolute atomic E-state index is 6.84. The van der Waals surface area contributed by atoms with E-state index in [1.807, 2.05) is 72.8 Å². The summed E-state index contributed by atoms with van der Waals surface area (Å²) in [5, 5.41) is 8.64. The van der Waals surface area contributed by atoms with E-state index in [9.17, 15) is 0 Å². The minimum atomic E-state index is 0.502. The molecule has 0 unspecified atom stereocenters. The van der Waals surface area contributed by atoms with E-state index in [0.29, 0.717) is 35.1 Å². The summed E-state index contributed by atoms with van der Waals surface area (Å²) in [5.74, 6) is 3.39. The van der Waals surface area contributed by atoms with Crippen molar-refractivity contribution < 1.29 is 8.83 Å². The van der Waals surface area contributed by atoms with Gasteiger partial charge in [0.25, 0.3) is 0 Å². The Morgan fingerprint density at radius 2 is 0.723 bits per heavy atom. The molecule has 0 radical (unpaired) electrons. The molecule has 0 aliphatic carbocycles. The van der Waals surface area contributed by atoms with Crippen LogP contribution in [0.4, 0.5) is 0 Å². The average molecular weight is 1200 g/mol. The van der Waals surface area contributed by atoms with Crippen molar-refractivity contribution in [2.45, 2.75) is 0 Å². The van der Waals surface area contributed by atoms with E-state index < -0.39 is 0 Å². The molecule has 19 aromatic rings. The van der Waals surface area contributed by atoms with E-state index in [1.165, 1.54) is 5.39 Å². The maximum Gasteiger partial charge on any atom is 0.238 e. The lowest BCUT2D eigenvalue weighted by molar-refractivity contribution is 0.669. The van der Waals surface area contributed by atoms with Gasteiger partial charge in [-0.15, -0.1) is 0 Å². The smallest absolute Gasteiger partial charge is 0.238 e. The lowest BCUT2D eigenvalue weighted by atomic mass is 9.96. The van der Waals surface area contributed by atoms with Crippen molar-refractivity contribution in [3.63, 3.8) is 0 Å². The fourth-order valence-corrected chi connectivity index (χ4v) is 13.8. The molecule has 1 N–H and O–H groups in total. The summed E-state index contributed by atoms with van der Waals surface area (Å²) in [7, 11) is 0. The van der Waals surface area contributed by atoms with E-state index in [0.717, 1.165) is 154 Å². The molecule has 10 nitrogen and oxygen atoms in total. The number of hydrogen-bond acceptors (Lipinski definition) is 8. The number of nitrogens with one attached hydrogen (secondary N) is 1. The van der Waals surface area contributed by atoms with Crippen LogP contribution in [-0.2, 0) is 0 Å². The minimum Gasteiger partial charge on any atom is -0.456 e. The molecule has 0 amide bonds. The number of hydrogen-bond donors (Lipinski definition) is 1. The third-order valence-corrected chi connectivity index (χ3v) is 18.3. The Morgan fingerprint density at radius 3 is 1.43 bits per heavy atom. The highest BCUT2D eigenvalue weighted by molar-refractivity contribution is 6.18. The third kappa shape index (κ3) is 8.80. The van der Waals surface area contributed by atoms with Gasteiger partial charge in [-0.05, 0) is 99.6 Å². The van der Waals surface area contributed by atoms with Crippen LogP contribution in [0.5, 0.6) is 0 Å². The predicted molar refractivity (Wildman–Crippen MR) is 380 cm³/mol. The Hall–Kier alpha value is -12.9. The van der Waals surface area contributed by atoms with Gasteiger partial charge in [0.15, 0.2) is 29.1 Å². The molecule has 0 spiro atoms. The number of fused-ring (bicyclic) bond motifs is 12. The monoisotopic (exact) mass is 1200 g/mol. The first-order chi connectivity index (χ1) is 46.5. The largest absolute Gasteiger partial charge is 0.456 e. The van der Waals surface area contributed by atoms with Gasteiger partial charge in [-0.25, -0.2) is 19.9 Å². The summed E-state index contributed by atoms with van der Waals surface area (Å²) in [6.45, 7) is 0. The lowest BCUT2D eigenvalue weighted by Gasteiger charge is -2.11. The zero-order valence-electron chi connectivity index (χ0n) is 50.2. The van der Waals surface area contributed by atoms with Crippen molar-refractivity contribution in [3.8, 4) is 107 Å². The summed E-state index contributed by atoms with van der Waals surface area (Å²) in [5.41, 5.74) is 20.2. The van der Waals surface area contributed by atoms with E-state index in [2.05, 4.69) is 234 Å². The molecule has 94 heavy (non-hydrogen) atoms. The number of furan rings is 2. The minimum absolute atomic E-state index is 0.502. The molecular formula is C84H50N8O2. The first-order valence-corrected chi connectivity index (χ1v) is 31.4. The zero-order chi connectivity index (χ0) is 61.8. The number of nitrogens with zero attached hydrogens (tertiary/aromatic N) is 7. The topological polar surface area (TPSA) is 124 Å². The van der Waals surface area contributed by atoms with Crippen molar-refractivity contribution in [1.82, 2.24) is 39.5 Å². The number of aromatic amines is 1. The Balaban J connectivity index is 0.707. The molecule has 0 atom stereocenters. The molecule has 0 saturated carbocycles. The second-order valence-corrected chi connectivity index (χ2v) is 23.8. The number of para-hydroxylation sites is 2. The Morgan fingerprint density at radius 1 is 0.245 bits per heavy atom. The van der Waals surface area contributed by atoms with Gasteiger partial charge in [0.05, 0.1) is 11.0 Å². The van der Waals surface area contributed by atoms with Crippen LogP contribution >= 0.6 is 0 Å². The standard InChI is InChI=1S/C84H50N8O2/c1-5-18-50(19-6-1)60-27-16-32-72-76(60)68-47-56(40-44-71(68)92(72)84-90-81(54-24-11-4-12-25-54)89-83(91-84)59-39-43-66-75(49-59)93-74-33-17-28-61(77(66)74)51-20-7-2-8-21-51)57-41-45-73-67(46-57)65-30-15-29-62(78(65)94-73)52-34-36-55(37-35-52)80-86-79(53-22-9-3-10-23-53)87-82(88-80)58-38-42-64-63-26-13-14-31-69(63)85-70(64)48-58/h1-49,85H. The van der Waals surface area contributed by atoms with Gasteiger partial charge in [0.2, 0.25) is 5.95 Å². The van der Waals surface area contributed by atoms with Gasteiger partial charge >= 0.3 is 0 Å². The molecule has 0 aliphatic rings. The van der Waals surface area contributed by atoms with Gasteiger partial charge in [-0.2, -0.15) is 9.97 Å². The average Bonchev–Trinajstić information content (AvgIpc) is 1.58. The van der Waals surface area contributed by atoms with Crippen LogP contribution in [0.2, 0.25) is 0 Å². The molecular weight excluding hydrogens is 1150 g/mol. The molecule has 0 bridgehead atoms. The van der Waals surface area contributed by atoms with Crippen LogP contribution in [0.15, 0.2) is 306 Å². The van der Waals surface area contributed by atoms with Crippen molar-refractivity contribution in [2.24, 2.45) is 0 Å². The highest BCUT2D eigenvalue weighted by Gasteiger charge is 2.24. The van der Waals surface area contributed by atoms with Crippen LogP contribution in [0.25, 0.3) is 195 Å². The molecule has 10 heteroatoms. The highest BCUT2D eigenvalue weighted by atomic mass is 16.3. The van der Waals surface area contributed by atoms with Crippen LogP contribution < -0.4 is 0 Å². The van der Waals surface area contributed by atoms with Crippen LogP contribution in [0, 0.1) is 0 Å². The first kappa shape index (κ1) is 53.0. The van der Waals surface area contributed by atoms with Crippen molar-refractivity contribution in [3.05, 3.63) is 297 Å². The van der Waals surface area contributed by atoms with E-state index in [4.69, 9.17) is 38.7 Å². The normalized spacial score (nSPS) is 11.8. The van der Waals surface area contributed by atoms with Gasteiger partial charge in [-0.3, -0.25) is 4.57 Å². The van der Waals surface area contributed by atoms with Crippen LogP contribution in [-0.4, -0.2) is 39.5 Å². The van der Waals surface area contributed by atoms with Crippen molar-refractivity contribution in [1.29, 1.82) is 0 Å². The molecule has 438 valence electrons. The quantitative estimate of drug-likeness (QED) is 0.144. The molecule has 13 aromatic carbocycles. The van der Waals surface area contributed by atoms with E-state index in [-0.39, 0.29) is 0 Å². The zero-order valence-corrected chi connectivity index (χ0v) is 50.2. The molecule has 0 saturated heterocycles. The Kier molecular flexibility index (Phi) is 12.0. The van der Waals surface area contributed by atoms with E-state index >= 15 is 0 Å². The van der Waals surface area contributed by atoms with Gasteiger partial charge < -0.3 is 13.8 Å². The second kappa shape index (κ2) is 21.4. The summed E-state index contributed by atoms with van der Waals surface area (Å²) in [6, 6.07) is 103. The SMILES string of the molecule is c1ccc(-c2nc(-c3ccc(-c4cccc5c4oc4ccc(-c6ccc7c(c6)c6c(-c8ccccc8)cccc6n7-c6nc(-c7ccccc7)nc(-c7ccc8c(c7)oc7cccc(-c9ccccc9)c78)n6)cc45)cc3)nc(-c3ccc4c(c3)[nH]c3ccccc34)n2)cc1. The van der Waals surface area contributed by atoms with Gasteiger partial charge in [-0.1, -0.05) is 237 Å². The van der Waals surface area contributed by atoms with Crippen molar-refractivity contribution in [2.75, 3.05) is 0 Å². The van der Waals surface area contributed by atoms with E-state index in [1.54, 1.807) is 0 Å². The molecule has 19 rings (SSSR count). The first-order valence-electron chi connectivity index (χ1n) is 31.4. The summed E-state index contributed by atoms with van der Waals surface area (Å²) in [4.78, 5) is 34.8.